The van der Waals surface area contributed by atoms with Gasteiger partial charge in [0.15, 0.2) is 5.67 Å². The summed E-state index contributed by atoms with van der Waals surface area (Å²) in [5.41, 5.74) is 3.51. The predicted molar refractivity (Wildman–Crippen MR) is 130 cm³/mol. The molecule has 7 nitrogen and oxygen atoms in total. The highest BCUT2D eigenvalue weighted by atomic mass is 19.1. The van der Waals surface area contributed by atoms with Crippen LogP contribution in [0.3, 0.4) is 0 Å². The number of amides is 3. The Balaban J connectivity index is 1.16. The topological polar surface area (TPSA) is 82.6 Å². The molecule has 3 aliphatic heterocycles. The molecule has 1 unspecified atom stereocenters. The number of rotatable bonds is 5. The summed E-state index contributed by atoms with van der Waals surface area (Å²) < 4.78 is 15.2. The molecule has 0 bridgehead atoms. The van der Waals surface area contributed by atoms with Crippen molar-refractivity contribution in [1.82, 2.24) is 20.1 Å². The van der Waals surface area contributed by atoms with Crippen molar-refractivity contribution < 1.29 is 18.8 Å². The fourth-order valence-corrected chi connectivity index (χ4v) is 5.42. The Hall–Kier alpha value is -3.91. The van der Waals surface area contributed by atoms with Gasteiger partial charge in [-0.15, -0.1) is 0 Å². The maximum absolute atomic E-state index is 15.2. The van der Waals surface area contributed by atoms with Crippen LogP contribution >= 0.6 is 0 Å². The number of halogens is 1. The maximum Gasteiger partial charge on any atom is 0.255 e. The van der Waals surface area contributed by atoms with Gasteiger partial charge in [-0.2, -0.15) is 0 Å². The van der Waals surface area contributed by atoms with Crippen molar-refractivity contribution in [2.45, 2.75) is 37.6 Å². The fourth-order valence-electron chi connectivity index (χ4n) is 5.42. The van der Waals surface area contributed by atoms with E-state index in [1.807, 2.05) is 54.6 Å². The van der Waals surface area contributed by atoms with Crippen LogP contribution in [0.2, 0.25) is 0 Å². The average molecular weight is 485 g/mol. The molecule has 0 saturated carbocycles. The van der Waals surface area contributed by atoms with Gasteiger partial charge in [0.2, 0.25) is 11.8 Å². The normalized spacial score (nSPS) is 21.2. The number of alkyl halides is 1. The van der Waals surface area contributed by atoms with Crippen molar-refractivity contribution in [3.63, 3.8) is 0 Å². The van der Waals surface area contributed by atoms with Crippen LogP contribution in [0, 0.1) is 0 Å². The summed E-state index contributed by atoms with van der Waals surface area (Å²) in [5.74, 6) is -0.916. The van der Waals surface area contributed by atoms with Gasteiger partial charge in [0.1, 0.15) is 6.04 Å². The van der Waals surface area contributed by atoms with Crippen molar-refractivity contribution in [2.75, 3.05) is 13.1 Å². The summed E-state index contributed by atoms with van der Waals surface area (Å²) in [6.07, 6.45) is 2.31. The highest BCUT2D eigenvalue weighted by Crippen LogP contribution is 2.37. The summed E-state index contributed by atoms with van der Waals surface area (Å²) in [7, 11) is 0. The lowest BCUT2D eigenvalue weighted by Crippen LogP contribution is -2.55. The molecule has 182 valence electrons. The van der Waals surface area contributed by atoms with Crippen LogP contribution < -0.4 is 5.32 Å². The first kappa shape index (κ1) is 22.5. The molecule has 1 aromatic heterocycles. The molecule has 1 atom stereocenters. The first-order valence-corrected chi connectivity index (χ1v) is 12.1. The number of aromatic nitrogens is 1. The van der Waals surface area contributed by atoms with E-state index in [0.717, 1.165) is 27.9 Å². The standard InChI is InChI=1S/C28H25FN4O3/c29-28(21-4-2-1-3-5-21)16-32(17-28)14-18-10-11-30-23(12-18)19-6-7-22-20(13-19)15-33(27(22)36)24-8-9-25(34)31-26(24)35/h1-7,10-13,24H,8-9,14-17H2,(H,31,34,35). The number of pyridine rings is 1. The van der Waals surface area contributed by atoms with Crippen LogP contribution in [0.1, 0.15) is 39.9 Å². The van der Waals surface area contributed by atoms with E-state index in [9.17, 15) is 14.4 Å². The van der Waals surface area contributed by atoms with Gasteiger partial charge in [-0.3, -0.25) is 29.6 Å². The molecular weight excluding hydrogens is 459 g/mol. The fraction of sp³-hybridized carbons (Fsp3) is 0.286. The van der Waals surface area contributed by atoms with Gasteiger partial charge in [0, 0.05) is 49.9 Å². The Morgan fingerprint density at radius 3 is 2.61 bits per heavy atom. The van der Waals surface area contributed by atoms with Crippen molar-refractivity contribution >= 4 is 17.7 Å². The summed E-state index contributed by atoms with van der Waals surface area (Å²) in [6.45, 7) is 1.65. The molecule has 8 heteroatoms. The zero-order valence-corrected chi connectivity index (χ0v) is 19.6. The minimum atomic E-state index is -1.31. The zero-order valence-electron chi connectivity index (χ0n) is 19.6. The number of carbonyl (C=O) groups is 3. The molecule has 6 rings (SSSR count). The predicted octanol–water partition coefficient (Wildman–Crippen LogP) is 3.19. The third kappa shape index (κ3) is 3.97. The lowest BCUT2D eigenvalue weighted by Gasteiger charge is -2.44. The number of nitrogens with zero attached hydrogens (tertiary/aromatic N) is 3. The molecule has 1 N–H and O–H groups in total. The molecule has 0 spiro atoms. The Morgan fingerprint density at radius 2 is 1.83 bits per heavy atom. The smallest absolute Gasteiger partial charge is 0.255 e. The number of imide groups is 1. The molecule has 3 amide bonds. The van der Waals surface area contributed by atoms with E-state index in [-0.39, 0.29) is 18.2 Å². The third-order valence-corrected chi connectivity index (χ3v) is 7.29. The first-order valence-electron chi connectivity index (χ1n) is 12.1. The molecule has 3 aliphatic rings. The van der Waals surface area contributed by atoms with E-state index >= 15 is 4.39 Å². The number of hydrogen-bond acceptors (Lipinski definition) is 5. The van der Waals surface area contributed by atoms with Crippen molar-refractivity contribution in [3.8, 4) is 11.3 Å². The van der Waals surface area contributed by atoms with E-state index in [4.69, 9.17) is 0 Å². The average Bonchev–Trinajstić information content (AvgIpc) is 3.19. The van der Waals surface area contributed by atoms with Crippen LogP contribution in [0.15, 0.2) is 66.9 Å². The minimum Gasteiger partial charge on any atom is -0.322 e. The molecule has 4 heterocycles. The number of nitrogens with one attached hydrogen (secondary N) is 1. The van der Waals surface area contributed by atoms with Gasteiger partial charge in [-0.1, -0.05) is 36.4 Å². The SMILES string of the molecule is O=C1CCC(N2Cc3cc(-c4cc(CN5CC(F)(c6ccccc6)C5)ccn4)ccc3C2=O)C(=O)N1. The Kier molecular flexibility index (Phi) is 5.41. The molecular formula is C28H25FN4O3. The number of likely N-dealkylation sites (tertiary alicyclic amines) is 1. The largest absolute Gasteiger partial charge is 0.322 e. The summed E-state index contributed by atoms with van der Waals surface area (Å²) in [4.78, 5) is 44.9. The van der Waals surface area contributed by atoms with Crippen LogP contribution in [-0.4, -0.2) is 51.6 Å². The van der Waals surface area contributed by atoms with Crippen molar-refractivity contribution in [3.05, 3.63) is 89.1 Å². The van der Waals surface area contributed by atoms with Gasteiger partial charge in [0.25, 0.3) is 5.91 Å². The quantitative estimate of drug-likeness (QED) is 0.563. The van der Waals surface area contributed by atoms with E-state index in [1.54, 1.807) is 17.2 Å². The lowest BCUT2D eigenvalue weighted by molar-refractivity contribution is -0.136. The molecule has 2 fully saturated rings. The molecule has 0 radical (unpaired) electrons. The number of hydrogen-bond donors (Lipinski definition) is 1. The van der Waals surface area contributed by atoms with Crippen LogP contribution in [0.5, 0.6) is 0 Å². The Bertz CT molecular complexity index is 1370. The lowest BCUT2D eigenvalue weighted by atomic mass is 9.87. The van der Waals surface area contributed by atoms with E-state index < -0.39 is 17.6 Å². The molecule has 36 heavy (non-hydrogen) atoms. The van der Waals surface area contributed by atoms with Crippen molar-refractivity contribution in [2.24, 2.45) is 0 Å². The second kappa shape index (κ2) is 8.64. The molecule has 3 aromatic rings. The first-order chi connectivity index (χ1) is 17.4. The minimum absolute atomic E-state index is 0.196. The van der Waals surface area contributed by atoms with E-state index in [1.165, 1.54) is 0 Å². The summed E-state index contributed by atoms with van der Waals surface area (Å²) in [5, 5.41) is 2.33. The second-order valence-electron chi connectivity index (χ2n) is 9.80. The van der Waals surface area contributed by atoms with Gasteiger partial charge in [0.05, 0.1) is 5.69 Å². The van der Waals surface area contributed by atoms with Gasteiger partial charge >= 0.3 is 0 Å². The summed E-state index contributed by atoms with van der Waals surface area (Å²) in [6, 6.07) is 18.2. The number of benzene rings is 2. The van der Waals surface area contributed by atoms with Crippen LogP contribution in [0.4, 0.5) is 4.39 Å². The van der Waals surface area contributed by atoms with Gasteiger partial charge in [-0.05, 0) is 47.4 Å². The second-order valence-corrected chi connectivity index (χ2v) is 9.80. The number of carbonyl (C=O) groups excluding carboxylic acids is 3. The van der Waals surface area contributed by atoms with Crippen LogP contribution in [0.25, 0.3) is 11.3 Å². The highest BCUT2D eigenvalue weighted by Gasteiger charge is 2.44. The van der Waals surface area contributed by atoms with E-state index in [2.05, 4.69) is 15.2 Å². The number of fused-ring (bicyclic) bond motifs is 1. The zero-order chi connectivity index (χ0) is 24.9. The number of piperidine rings is 1. The molecule has 2 aromatic carbocycles. The molecule has 0 aliphatic carbocycles. The Morgan fingerprint density at radius 1 is 1.03 bits per heavy atom. The maximum atomic E-state index is 15.2. The molecule has 2 saturated heterocycles. The van der Waals surface area contributed by atoms with Gasteiger partial charge < -0.3 is 4.90 Å². The van der Waals surface area contributed by atoms with Crippen molar-refractivity contribution in [1.29, 1.82) is 0 Å². The van der Waals surface area contributed by atoms with E-state index in [0.29, 0.717) is 38.2 Å². The highest BCUT2D eigenvalue weighted by molar-refractivity contribution is 6.05. The Labute approximate surface area is 207 Å². The van der Waals surface area contributed by atoms with Crippen LogP contribution in [-0.2, 0) is 28.3 Å². The van der Waals surface area contributed by atoms with Gasteiger partial charge in [-0.25, -0.2) is 4.39 Å². The monoisotopic (exact) mass is 484 g/mol. The summed E-state index contributed by atoms with van der Waals surface area (Å²) >= 11 is 0. The third-order valence-electron chi connectivity index (χ3n) is 7.29.